The van der Waals surface area contributed by atoms with E-state index in [0.29, 0.717) is 12.6 Å². The van der Waals surface area contributed by atoms with Gasteiger partial charge in [-0.15, -0.1) is 0 Å². The van der Waals surface area contributed by atoms with Crippen molar-refractivity contribution in [3.8, 4) is 0 Å². The molecule has 21 heavy (non-hydrogen) atoms. The quantitative estimate of drug-likeness (QED) is 0.784. The number of rotatable bonds is 5. The van der Waals surface area contributed by atoms with Gasteiger partial charge in [-0.1, -0.05) is 0 Å². The molecule has 0 radical (unpaired) electrons. The molecule has 1 unspecified atom stereocenters. The molecule has 1 N–H and O–H groups in total. The smallest absolute Gasteiger partial charge is 0.208 e. The summed E-state index contributed by atoms with van der Waals surface area (Å²) < 4.78 is 25.2. The van der Waals surface area contributed by atoms with Crippen LogP contribution in [-0.4, -0.2) is 81.3 Å². The van der Waals surface area contributed by atoms with Crippen molar-refractivity contribution in [2.45, 2.75) is 18.9 Å². The first-order valence-corrected chi connectivity index (χ1v) is 11.0. The fourth-order valence-corrected chi connectivity index (χ4v) is 5.51. The van der Waals surface area contributed by atoms with Gasteiger partial charge in [0.2, 0.25) is 10.0 Å². The fourth-order valence-electron chi connectivity index (χ4n) is 4.03. The summed E-state index contributed by atoms with van der Waals surface area (Å²) in [7, 11) is -3.06. The molecule has 5 nitrogen and oxygen atoms in total. The normalized spacial score (nSPS) is 37.8. The van der Waals surface area contributed by atoms with Gasteiger partial charge in [-0.25, -0.2) is 13.1 Å². The summed E-state index contributed by atoms with van der Waals surface area (Å²) in [6.45, 7) is 6.62. The predicted molar refractivity (Wildman–Crippen MR) is 88.2 cm³/mol. The van der Waals surface area contributed by atoms with Gasteiger partial charge in [0, 0.05) is 50.3 Å². The summed E-state index contributed by atoms with van der Waals surface area (Å²) in [5, 5.41) is 0. The minimum Gasteiger partial charge on any atom is -0.301 e. The number of hydrogen-bond donors (Lipinski definition) is 1. The van der Waals surface area contributed by atoms with Gasteiger partial charge in [0.25, 0.3) is 0 Å². The van der Waals surface area contributed by atoms with Crippen LogP contribution in [0.25, 0.3) is 0 Å². The zero-order chi connectivity index (χ0) is 14.9. The lowest BCUT2D eigenvalue weighted by molar-refractivity contribution is -0.00913. The summed E-state index contributed by atoms with van der Waals surface area (Å²) in [4.78, 5) is 5.15. The number of sulfonamides is 1. The second kappa shape index (κ2) is 6.74. The molecule has 4 fully saturated rings. The van der Waals surface area contributed by atoms with E-state index < -0.39 is 10.0 Å². The van der Waals surface area contributed by atoms with Crippen molar-refractivity contribution < 1.29 is 8.42 Å². The third kappa shape index (κ3) is 4.34. The third-order valence-electron chi connectivity index (χ3n) is 5.19. The van der Waals surface area contributed by atoms with Crippen LogP contribution in [0.3, 0.4) is 0 Å². The van der Waals surface area contributed by atoms with E-state index >= 15 is 0 Å². The summed E-state index contributed by atoms with van der Waals surface area (Å²) in [5.74, 6) is 4.14. The average molecular weight is 334 g/mol. The SMILES string of the molecule is CS(=O)(=O)NC[C@H]1C[C@@H]2CCN1C[C@@H]2CN1CCSCC1. The van der Waals surface area contributed by atoms with Crippen LogP contribution < -0.4 is 4.72 Å². The maximum atomic E-state index is 11.3. The van der Waals surface area contributed by atoms with Crippen molar-refractivity contribution in [2.75, 3.05) is 57.0 Å². The van der Waals surface area contributed by atoms with Gasteiger partial charge in [-0.2, -0.15) is 11.8 Å². The lowest BCUT2D eigenvalue weighted by Crippen LogP contribution is -2.58. The Kier molecular flexibility index (Phi) is 5.15. The molecule has 0 aliphatic carbocycles. The number of thioether (sulfide) groups is 1. The van der Waals surface area contributed by atoms with Crippen LogP contribution in [0.2, 0.25) is 0 Å². The molecule has 0 aromatic rings. The van der Waals surface area contributed by atoms with E-state index in [2.05, 4.69) is 26.3 Å². The van der Waals surface area contributed by atoms with Crippen LogP contribution in [0.15, 0.2) is 0 Å². The highest BCUT2D eigenvalue weighted by Gasteiger charge is 2.40. The zero-order valence-electron chi connectivity index (χ0n) is 12.8. The lowest BCUT2D eigenvalue weighted by Gasteiger charge is -2.51. The summed E-state index contributed by atoms with van der Waals surface area (Å²) in [6, 6.07) is 0.409. The number of nitrogens with one attached hydrogen (secondary N) is 1. The molecule has 0 aromatic carbocycles. The second-order valence-electron chi connectivity index (χ2n) is 6.73. The number of fused-ring (bicyclic) bond motifs is 3. The van der Waals surface area contributed by atoms with Crippen LogP contribution in [-0.2, 0) is 10.0 Å². The second-order valence-corrected chi connectivity index (χ2v) is 9.78. The Morgan fingerprint density at radius 2 is 2.00 bits per heavy atom. The van der Waals surface area contributed by atoms with Crippen LogP contribution >= 0.6 is 11.8 Å². The van der Waals surface area contributed by atoms with Crippen molar-refractivity contribution in [3.05, 3.63) is 0 Å². The van der Waals surface area contributed by atoms with E-state index in [1.165, 1.54) is 43.8 Å². The maximum Gasteiger partial charge on any atom is 0.208 e. The first-order chi connectivity index (χ1) is 10.0. The van der Waals surface area contributed by atoms with Crippen molar-refractivity contribution in [2.24, 2.45) is 11.8 Å². The van der Waals surface area contributed by atoms with Crippen molar-refractivity contribution in [3.63, 3.8) is 0 Å². The number of piperidine rings is 3. The van der Waals surface area contributed by atoms with Crippen LogP contribution in [0.1, 0.15) is 12.8 Å². The van der Waals surface area contributed by atoms with Gasteiger partial charge >= 0.3 is 0 Å². The highest BCUT2D eigenvalue weighted by molar-refractivity contribution is 7.99. The Balaban J connectivity index is 1.51. The molecule has 0 amide bonds. The minimum atomic E-state index is -3.06. The predicted octanol–water partition coefficient (Wildman–Crippen LogP) is 0.295. The fraction of sp³-hybridized carbons (Fsp3) is 1.00. The first kappa shape index (κ1) is 16.1. The Morgan fingerprint density at radius 3 is 2.62 bits per heavy atom. The minimum absolute atomic E-state index is 0.409. The van der Waals surface area contributed by atoms with E-state index in [9.17, 15) is 8.42 Å². The van der Waals surface area contributed by atoms with Gasteiger partial charge in [0.1, 0.15) is 0 Å². The molecule has 122 valence electrons. The Morgan fingerprint density at radius 1 is 1.24 bits per heavy atom. The Hall–Kier alpha value is 0.180. The summed E-state index contributed by atoms with van der Waals surface area (Å²) >= 11 is 2.07. The number of hydrogen-bond acceptors (Lipinski definition) is 5. The van der Waals surface area contributed by atoms with Gasteiger partial charge in [-0.05, 0) is 31.2 Å². The standard InChI is InChI=1S/C14H27N3O2S2/c1-21(18,19)15-9-14-8-12-2-3-17(14)11-13(12)10-16-4-6-20-7-5-16/h12-15H,2-11H2,1H3/t12-,13-,14+/m0/s1. The number of nitrogens with zero attached hydrogens (tertiary/aromatic N) is 2. The van der Waals surface area contributed by atoms with Crippen molar-refractivity contribution in [1.82, 2.24) is 14.5 Å². The molecule has 0 spiro atoms. The summed E-state index contributed by atoms with van der Waals surface area (Å²) in [6.07, 6.45) is 3.71. The lowest BCUT2D eigenvalue weighted by atomic mass is 9.75. The molecule has 0 saturated carbocycles. The molecule has 4 heterocycles. The van der Waals surface area contributed by atoms with E-state index in [1.807, 2.05) is 0 Å². The highest BCUT2D eigenvalue weighted by Crippen LogP contribution is 2.36. The van der Waals surface area contributed by atoms with E-state index in [0.717, 1.165) is 31.3 Å². The maximum absolute atomic E-state index is 11.3. The van der Waals surface area contributed by atoms with E-state index in [-0.39, 0.29) is 0 Å². The van der Waals surface area contributed by atoms with E-state index in [1.54, 1.807) is 0 Å². The molecule has 4 aliphatic rings. The van der Waals surface area contributed by atoms with Gasteiger partial charge in [0.05, 0.1) is 6.26 Å². The molecular weight excluding hydrogens is 306 g/mol. The summed E-state index contributed by atoms with van der Waals surface area (Å²) in [5.41, 5.74) is 0. The zero-order valence-corrected chi connectivity index (χ0v) is 14.5. The van der Waals surface area contributed by atoms with Crippen LogP contribution in [0.5, 0.6) is 0 Å². The Bertz CT molecular complexity index is 451. The van der Waals surface area contributed by atoms with Crippen molar-refractivity contribution >= 4 is 21.8 Å². The molecule has 7 heteroatoms. The molecule has 2 bridgehead atoms. The highest BCUT2D eigenvalue weighted by atomic mass is 32.2. The monoisotopic (exact) mass is 333 g/mol. The topological polar surface area (TPSA) is 52.7 Å². The van der Waals surface area contributed by atoms with Gasteiger partial charge in [0.15, 0.2) is 0 Å². The van der Waals surface area contributed by atoms with Crippen molar-refractivity contribution in [1.29, 1.82) is 0 Å². The van der Waals surface area contributed by atoms with Crippen LogP contribution in [0, 0.1) is 11.8 Å². The largest absolute Gasteiger partial charge is 0.301 e. The van der Waals surface area contributed by atoms with Gasteiger partial charge < -0.3 is 4.90 Å². The van der Waals surface area contributed by atoms with E-state index in [4.69, 9.17) is 0 Å². The molecule has 0 aromatic heterocycles. The average Bonchev–Trinajstić information content (AvgIpc) is 2.46. The molecule has 4 atom stereocenters. The third-order valence-corrected chi connectivity index (χ3v) is 6.83. The molecular formula is C14H27N3O2S2. The molecule has 4 rings (SSSR count). The van der Waals surface area contributed by atoms with Crippen LogP contribution in [0.4, 0.5) is 0 Å². The Labute approximate surface area is 132 Å². The molecule has 4 aliphatic heterocycles. The molecule has 4 saturated heterocycles. The first-order valence-electron chi connectivity index (χ1n) is 8.00. The van der Waals surface area contributed by atoms with Gasteiger partial charge in [-0.3, -0.25) is 4.90 Å².